The lowest BCUT2D eigenvalue weighted by Gasteiger charge is -2.07. The smallest absolute Gasteiger partial charge is 0.331 e. The van der Waals surface area contributed by atoms with E-state index in [2.05, 4.69) is 32.4 Å². The van der Waals surface area contributed by atoms with Crippen LogP contribution in [0.5, 0.6) is 0 Å². The van der Waals surface area contributed by atoms with E-state index >= 15 is 0 Å². The van der Waals surface area contributed by atoms with Crippen LogP contribution in [0.3, 0.4) is 0 Å². The lowest BCUT2D eigenvalue weighted by atomic mass is 10.1. The van der Waals surface area contributed by atoms with Gasteiger partial charge in [-0.25, -0.2) is 14.8 Å². The molecule has 0 amide bonds. The monoisotopic (exact) mass is 393 g/mol. The lowest BCUT2D eigenvalue weighted by Crippen LogP contribution is -2.14. The highest BCUT2D eigenvalue weighted by Gasteiger charge is 2.10. The number of imidazole rings is 1. The summed E-state index contributed by atoms with van der Waals surface area (Å²) < 4.78 is 1.68. The fourth-order valence-electron chi connectivity index (χ4n) is 3.46. The molecule has 0 aliphatic carbocycles. The molecule has 0 aliphatic rings. The number of hydrogen-bond acceptors (Lipinski definition) is 4. The number of anilines is 1. The van der Waals surface area contributed by atoms with E-state index in [9.17, 15) is 4.79 Å². The fourth-order valence-corrected chi connectivity index (χ4v) is 3.46. The van der Waals surface area contributed by atoms with Crippen molar-refractivity contribution in [1.29, 1.82) is 0 Å². The average Bonchev–Trinajstić information content (AvgIpc) is 3.14. The van der Waals surface area contributed by atoms with Crippen LogP contribution in [0, 0.1) is 0 Å². The summed E-state index contributed by atoms with van der Waals surface area (Å²) in [5, 5.41) is 3.23. The predicted molar refractivity (Wildman–Crippen MR) is 119 cm³/mol. The Hall–Kier alpha value is -4.19. The van der Waals surface area contributed by atoms with Crippen LogP contribution in [0.4, 0.5) is 5.95 Å². The number of fused-ring (bicyclic) bond motifs is 1. The Morgan fingerprint density at radius 2 is 1.53 bits per heavy atom. The molecule has 0 spiro atoms. The first-order valence-corrected chi connectivity index (χ1v) is 9.68. The van der Waals surface area contributed by atoms with Crippen molar-refractivity contribution in [3.8, 4) is 16.8 Å². The molecule has 0 unspecified atom stereocenters. The number of H-pyrrole nitrogens is 1. The topological polar surface area (TPSA) is 75.6 Å². The van der Waals surface area contributed by atoms with Crippen LogP contribution in [0.1, 0.15) is 5.56 Å². The van der Waals surface area contributed by atoms with Gasteiger partial charge in [0.1, 0.15) is 0 Å². The summed E-state index contributed by atoms with van der Waals surface area (Å²) in [7, 11) is 0. The Morgan fingerprint density at radius 3 is 2.27 bits per heavy atom. The van der Waals surface area contributed by atoms with Crippen LogP contribution in [0.2, 0.25) is 0 Å². The Balaban J connectivity index is 1.44. The third-order valence-electron chi connectivity index (χ3n) is 4.98. The molecule has 2 N–H and O–H groups in total. The molecule has 0 aliphatic heterocycles. The molecule has 30 heavy (non-hydrogen) atoms. The summed E-state index contributed by atoms with van der Waals surface area (Å²) in [5.41, 5.74) is 5.26. The van der Waals surface area contributed by atoms with Crippen LogP contribution >= 0.6 is 0 Å². The molecule has 3 aromatic carbocycles. The third-order valence-corrected chi connectivity index (χ3v) is 4.98. The average molecular weight is 393 g/mol. The summed E-state index contributed by atoms with van der Waals surface area (Å²) in [6, 6.07) is 25.6. The zero-order valence-electron chi connectivity index (χ0n) is 16.1. The Kier molecular flexibility index (Phi) is 4.57. The van der Waals surface area contributed by atoms with Crippen LogP contribution in [0.15, 0.2) is 96.1 Å². The van der Waals surface area contributed by atoms with Crippen molar-refractivity contribution >= 4 is 17.0 Å². The van der Waals surface area contributed by atoms with Gasteiger partial charge in [-0.2, -0.15) is 0 Å². The molecule has 0 atom stereocenters. The fraction of sp³-hybridized carbons (Fsp3) is 0.0417. The summed E-state index contributed by atoms with van der Waals surface area (Å²) in [6.45, 7) is 0.666. The molecule has 5 rings (SSSR count). The van der Waals surface area contributed by atoms with E-state index in [0.717, 1.165) is 27.8 Å². The molecule has 0 saturated carbocycles. The maximum Gasteiger partial charge on any atom is 0.331 e. The first kappa shape index (κ1) is 17.9. The van der Waals surface area contributed by atoms with Gasteiger partial charge >= 0.3 is 5.69 Å². The normalized spacial score (nSPS) is 10.9. The van der Waals surface area contributed by atoms with Crippen molar-refractivity contribution in [2.45, 2.75) is 6.54 Å². The van der Waals surface area contributed by atoms with Gasteiger partial charge in [0.15, 0.2) is 0 Å². The molecule has 146 valence electrons. The van der Waals surface area contributed by atoms with Crippen LogP contribution in [-0.4, -0.2) is 19.5 Å². The number of hydrogen-bond donors (Lipinski definition) is 2. The Labute approximate surface area is 172 Å². The van der Waals surface area contributed by atoms with Gasteiger partial charge < -0.3 is 10.3 Å². The van der Waals surface area contributed by atoms with Gasteiger partial charge in [-0.05, 0) is 35.4 Å². The zero-order valence-corrected chi connectivity index (χ0v) is 16.1. The second-order valence-electron chi connectivity index (χ2n) is 6.97. The molecular weight excluding hydrogens is 374 g/mol. The van der Waals surface area contributed by atoms with Gasteiger partial charge in [0.25, 0.3) is 0 Å². The van der Waals surface area contributed by atoms with Crippen molar-refractivity contribution in [3.05, 3.63) is 107 Å². The van der Waals surface area contributed by atoms with Crippen molar-refractivity contribution in [2.24, 2.45) is 0 Å². The quantitative estimate of drug-likeness (QED) is 0.464. The van der Waals surface area contributed by atoms with E-state index in [1.165, 1.54) is 5.56 Å². The summed E-state index contributed by atoms with van der Waals surface area (Å²) in [6.07, 6.45) is 3.58. The van der Waals surface area contributed by atoms with Crippen molar-refractivity contribution in [3.63, 3.8) is 0 Å². The number of aromatic amines is 1. The maximum atomic E-state index is 12.5. The molecule has 0 bridgehead atoms. The summed E-state index contributed by atoms with van der Waals surface area (Å²) in [4.78, 5) is 24.3. The number of nitrogens with zero attached hydrogens (tertiary/aromatic N) is 3. The first-order valence-electron chi connectivity index (χ1n) is 9.68. The molecule has 2 heterocycles. The lowest BCUT2D eigenvalue weighted by molar-refractivity contribution is 1.02. The minimum absolute atomic E-state index is 0.162. The molecule has 6 heteroatoms. The van der Waals surface area contributed by atoms with Gasteiger partial charge in [0.05, 0.1) is 16.7 Å². The zero-order chi connectivity index (χ0) is 20.3. The van der Waals surface area contributed by atoms with E-state index in [1.807, 2.05) is 66.7 Å². The Bertz CT molecular complexity index is 1340. The molecule has 0 radical (unpaired) electrons. The number of aromatic nitrogens is 4. The van der Waals surface area contributed by atoms with E-state index in [1.54, 1.807) is 17.0 Å². The molecular formula is C24H19N5O. The predicted octanol–water partition coefficient (Wildman–Crippen LogP) is 4.39. The number of para-hydroxylation sites is 1. The van der Waals surface area contributed by atoms with Crippen molar-refractivity contribution in [2.75, 3.05) is 5.32 Å². The van der Waals surface area contributed by atoms with E-state index in [0.29, 0.717) is 12.5 Å². The minimum atomic E-state index is -0.162. The van der Waals surface area contributed by atoms with Crippen molar-refractivity contribution in [1.82, 2.24) is 19.5 Å². The van der Waals surface area contributed by atoms with Gasteiger partial charge in [0.2, 0.25) is 5.95 Å². The highest BCUT2D eigenvalue weighted by atomic mass is 16.1. The first-order chi connectivity index (χ1) is 14.8. The third kappa shape index (κ3) is 3.46. The molecule has 0 fully saturated rings. The second kappa shape index (κ2) is 7.67. The number of benzene rings is 3. The highest BCUT2D eigenvalue weighted by Crippen LogP contribution is 2.24. The Morgan fingerprint density at radius 1 is 0.833 bits per heavy atom. The minimum Gasteiger partial charge on any atom is -0.350 e. The number of nitrogens with one attached hydrogen (secondary N) is 2. The maximum absolute atomic E-state index is 12.5. The van der Waals surface area contributed by atoms with E-state index < -0.39 is 0 Å². The van der Waals surface area contributed by atoms with Crippen LogP contribution in [-0.2, 0) is 6.54 Å². The van der Waals surface area contributed by atoms with Gasteiger partial charge in [-0.1, -0.05) is 54.6 Å². The van der Waals surface area contributed by atoms with Crippen LogP contribution < -0.4 is 11.0 Å². The van der Waals surface area contributed by atoms with Gasteiger partial charge in [-0.15, -0.1) is 0 Å². The van der Waals surface area contributed by atoms with Gasteiger partial charge in [-0.3, -0.25) is 4.57 Å². The summed E-state index contributed by atoms with van der Waals surface area (Å²) >= 11 is 0. The molecule has 6 nitrogen and oxygen atoms in total. The SMILES string of the molecule is O=c1[nH]c2ccc(-c3cnc(NCc4ccccc4)nc3)cc2n1-c1ccccc1. The largest absolute Gasteiger partial charge is 0.350 e. The summed E-state index contributed by atoms with van der Waals surface area (Å²) in [5.74, 6) is 0.575. The second-order valence-corrected chi connectivity index (χ2v) is 6.97. The van der Waals surface area contributed by atoms with E-state index in [-0.39, 0.29) is 5.69 Å². The molecule has 0 saturated heterocycles. The van der Waals surface area contributed by atoms with Crippen LogP contribution in [0.25, 0.3) is 27.8 Å². The number of rotatable bonds is 5. The van der Waals surface area contributed by atoms with Crippen molar-refractivity contribution < 1.29 is 0 Å². The standard InChI is InChI=1S/C24H19N5O/c30-24-28-21-12-11-18(13-22(21)29(24)20-9-5-2-6-10-20)19-15-26-23(27-16-19)25-14-17-7-3-1-4-8-17/h1-13,15-16H,14H2,(H,28,30)(H,25,26,27). The van der Waals surface area contributed by atoms with Gasteiger partial charge in [0, 0.05) is 24.5 Å². The molecule has 5 aromatic rings. The van der Waals surface area contributed by atoms with E-state index in [4.69, 9.17) is 0 Å². The molecule has 2 aromatic heterocycles. The highest BCUT2D eigenvalue weighted by molar-refractivity contribution is 5.83.